The lowest BCUT2D eigenvalue weighted by molar-refractivity contribution is -0.117. The van der Waals surface area contributed by atoms with E-state index >= 15 is 0 Å². The second kappa shape index (κ2) is 6.16. The summed E-state index contributed by atoms with van der Waals surface area (Å²) in [5.41, 5.74) is 4.70. The summed E-state index contributed by atoms with van der Waals surface area (Å²) in [6.07, 6.45) is 4.48. The largest absolute Gasteiger partial charge is 0.323 e. The van der Waals surface area contributed by atoms with Crippen LogP contribution >= 0.6 is 0 Å². The van der Waals surface area contributed by atoms with Gasteiger partial charge in [-0.15, -0.1) is 0 Å². The summed E-state index contributed by atoms with van der Waals surface area (Å²) >= 11 is 0. The van der Waals surface area contributed by atoms with Gasteiger partial charge >= 0.3 is 0 Å². The lowest BCUT2D eigenvalue weighted by Crippen LogP contribution is -2.15. The Hall–Kier alpha value is -2.95. The van der Waals surface area contributed by atoms with Crippen LogP contribution in [0.4, 0.5) is 5.69 Å². The van der Waals surface area contributed by atoms with Crippen LogP contribution in [0.15, 0.2) is 54.9 Å². The molecule has 126 valence electrons. The van der Waals surface area contributed by atoms with Crippen molar-refractivity contribution in [3.05, 3.63) is 71.8 Å². The van der Waals surface area contributed by atoms with Gasteiger partial charge in [-0.3, -0.25) is 9.78 Å². The molecule has 1 saturated carbocycles. The van der Waals surface area contributed by atoms with E-state index in [1.807, 2.05) is 67.2 Å². The van der Waals surface area contributed by atoms with Crippen LogP contribution in [-0.2, 0) is 4.79 Å². The van der Waals surface area contributed by atoms with Gasteiger partial charge < -0.3 is 5.32 Å². The normalized spacial score (nSPS) is 18.8. The van der Waals surface area contributed by atoms with E-state index in [0.717, 1.165) is 34.7 Å². The summed E-state index contributed by atoms with van der Waals surface area (Å²) < 4.78 is 1.87. The predicted octanol–water partition coefficient (Wildman–Crippen LogP) is 3.63. The lowest BCUT2D eigenvalue weighted by Gasteiger charge is -2.07. The molecule has 2 heterocycles. The van der Waals surface area contributed by atoms with Crippen molar-refractivity contribution in [1.82, 2.24) is 14.8 Å². The van der Waals surface area contributed by atoms with Gasteiger partial charge in [-0.2, -0.15) is 5.10 Å². The molecule has 5 nitrogen and oxygen atoms in total. The first-order valence-corrected chi connectivity index (χ1v) is 8.47. The van der Waals surface area contributed by atoms with Crippen molar-refractivity contribution in [2.75, 3.05) is 5.32 Å². The van der Waals surface area contributed by atoms with Gasteiger partial charge in [0.1, 0.15) is 0 Å². The maximum Gasteiger partial charge on any atom is 0.228 e. The molecule has 1 aliphatic rings. The molecule has 3 aromatic rings. The first-order chi connectivity index (χ1) is 12.1. The molecule has 1 aliphatic carbocycles. The van der Waals surface area contributed by atoms with Gasteiger partial charge in [-0.1, -0.05) is 24.3 Å². The minimum atomic E-state index is 0.0167. The average molecular weight is 332 g/mol. The average Bonchev–Trinajstić information content (AvgIpc) is 3.41. The number of anilines is 1. The van der Waals surface area contributed by atoms with E-state index in [2.05, 4.69) is 15.4 Å². The van der Waals surface area contributed by atoms with Gasteiger partial charge in [-0.05, 0) is 49.9 Å². The third kappa shape index (κ3) is 2.93. The fraction of sp³-hybridized carbons (Fsp3) is 0.250. The zero-order chi connectivity index (χ0) is 17.4. The molecule has 0 radical (unpaired) electrons. The monoisotopic (exact) mass is 332 g/mol. The summed E-state index contributed by atoms with van der Waals surface area (Å²) in [7, 11) is 0. The van der Waals surface area contributed by atoms with E-state index in [0.29, 0.717) is 0 Å². The molecule has 4 rings (SSSR count). The first-order valence-electron chi connectivity index (χ1n) is 8.47. The summed E-state index contributed by atoms with van der Waals surface area (Å²) in [6, 6.07) is 13.9. The maximum absolute atomic E-state index is 12.6. The van der Waals surface area contributed by atoms with Crippen LogP contribution in [0.2, 0.25) is 0 Å². The summed E-state index contributed by atoms with van der Waals surface area (Å²) in [5.74, 6) is 0.356. The number of pyridine rings is 1. The molecular formula is C20H20N4O. The van der Waals surface area contributed by atoms with E-state index in [1.165, 1.54) is 0 Å². The van der Waals surface area contributed by atoms with Gasteiger partial charge in [0, 0.05) is 18.3 Å². The number of benzene rings is 1. The van der Waals surface area contributed by atoms with Crippen LogP contribution in [0.5, 0.6) is 0 Å². The van der Waals surface area contributed by atoms with Crippen molar-refractivity contribution in [3.8, 4) is 5.69 Å². The SMILES string of the molecule is Cc1nn(-c2ccccc2)c(C)c1NC(=O)[C@H]1C[C@@H]1c1cccnc1. The molecule has 1 fully saturated rings. The lowest BCUT2D eigenvalue weighted by atomic mass is 10.1. The summed E-state index contributed by atoms with van der Waals surface area (Å²) in [4.78, 5) is 16.8. The Morgan fingerprint density at radius 2 is 1.96 bits per heavy atom. The van der Waals surface area contributed by atoms with Crippen molar-refractivity contribution in [1.29, 1.82) is 0 Å². The molecule has 0 saturated heterocycles. The highest BCUT2D eigenvalue weighted by molar-refractivity contribution is 5.96. The van der Waals surface area contributed by atoms with Gasteiger partial charge in [-0.25, -0.2) is 4.68 Å². The molecule has 2 aromatic heterocycles. The zero-order valence-corrected chi connectivity index (χ0v) is 14.3. The van der Waals surface area contributed by atoms with Crippen LogP contribution in [0.3, 0.4) is 0 Å². The Kier molecular flexibility index (Phi) is 3.84. The number of aryl methyl sites for hydroxylation is 1. The Labute approximate surface area is 146 Å². The van der Waals surface area contributed by atoms with Gasteiger partial charge in [0.2, 0.25) is 5.91 Å². The number of carbonyl (C=O) groups excluding carboxylic acids is 1. The Bertz CT molecular complexity index is 902. The molecule has 1 N–H and O–H groups in total. The van der Waals surface area contributed by atoms with Crippen molar-refractivity contribution in [3.63, 3.8) is 0 Å². The smallest absolute Gasteiger partial charge is 0.228 e. The first kappa shape index (κ1) is 15.6. The molecular weight excluding hydrogens is 312 g/mol. The van der Waals surface area contributed by atoms with Gasteiger partial charge in [0.25, 0.3) is 0 Å². The minimum Gasteiger partial charge on any atom is -0.323 e. The van der Waals surface area contributed by atoms with Crippen LogP contribution in [-0.4, -0.2) is 20.7 Å². The summed E-state index contributed by atoms with van der Waals surface area (Å²) in [6.45, 7) is 3.90. The number of nitrogens with one attached hydrogen (secondary N) is 1. The minimum absolute atomic E-state index is 0.0167. The highest BCUT2D eigenvalue weighted by atomic mass is 16.2. The Morgan fingerprint density at radius 3 is 2.68 bits per heavy atom. The van der Waals surface area contributed by atoms with Gasteiger partial charge in [0.15, 0.2) is 0 Å². The zero-order valence-electron chi connectivity index (χ0n) is 14.3. The van der Waals surface area contributed by atoms with E-state index < -0.39 is 0 Å². The quantitative estimate of drug-likeness (QED) is 0.794. The molecule has 1 amide bonds. The summed E-state index contributed by atoms with van der Waals surface area (Å²) in [5, 5.41) is 7.67. The fourth-order valence-electron chi connectivity index (χ4n) is 3.31. The number of hydrogen-bond donors (Lipinski definition) is 1. The number of carbonyl (C=O) groups is 1. The Balaban J connectivity index is 1.52. The van der Waals surface area contributed by atoms with Crippen LogP contribution in [0, 0.1) is 19.8 Å². The molecule has 0 spiro atoms. The van der Waals surface area contributed by atoms with Crippen molar-refractivity contribution in [2.45, 2.75) is 26.2 Å². The number of aromatic nitrogens is 3. The third-order valence-electron chi connectivity index (χ3n) is 4.78. The number of nitrogens with zero attached hydrogens (tertiary/aromatic N) is 3. The fourth-order valence-corrected chi connectivity index (χ4v) is 3.31. The second-order valence-corrected chi connectivity index (χ2v) is 6.52. The predicted molar refractivity (Wildman–Crippen MR) is 96.8 cm³/mol. The molecule has 0 aliphatic heterocycles. The standard InChI is InChI=1S/C20H20N4O/c1-13-19(14(2)24(23-13)16-8-4-3-5-9-16)22-20(25)18-11-17(18)15-7-6-10-21-12-15/h3-10,12,17-18H,11H2,1-2H3,(H,22,25)/t17-,18+/m1/s1. The number of para-hydroxylation sites is 1. The van der Waals surface area contributed by atoms with Crippen molar-refractivity contribution in [2.24, 2.45) is 5.92 Å². The van der Waals surface area contributed by atoms with Crippen molar-refractivity contribution < 1.29 is 4.79 Å². The molecule has 0 bridgehead atoms. The molecule has 5 heteroatoms. The van der Waals surface area contributed by atoms with E-state index in [1.54, 1.807) is 6.20 Å². The highest BCUT2D eigenvalue weighted by Gasteiger charge is 2.44. The van der Waals surface area contributed by atoms with E-state index in [-0.39, 0.29) is 17.7 Å². The van der Waals surface area contributed by atoms with Crippen LogP contribution in [0.25, 0.3) is 5.69 Å². The third-order valence-corrected chi connectivity index (χ3v) is 4.78. The maximum atomic E-state index is 12.6. The van der Waals surface area contributed by atoms with Crippen molar-refractivity contribution >= 4 is 11.6 Å². The molecule has 1 aromatic carbocycles. The van der Waals surface area contributed by atoms with Crippen LogP contribution < -0.4 is 5.32 Å². The molecule has 25 heavy (non-hydrogen) atoms. The van der Waals surface area contributed by atoms with Crippen LogP contribution in [0.1, 0.15) is 29.3 Å². The number of hydrogen-bond acceptors (Lipinski definition) is 3. The van der Waals surface area contributed by atoms with E-state index in [4.69, 9.17) is 0 Å². The van der Waals surface area contributed by atoms with E-state index in [9.17, 15) is 4.79 Å². The number of rotatable bonds is 4. The van der Waals surface area contributed by atoms with Gasteiger partial charge in [0.05, 0.1) is 22.8 Å². The number of amides is 1. The second-order valence-electron chi connectivity index (χ2n) is 6.52. The Morgan fingerprint density at radius 1 is 1.16 bits per heavy atom. The topological polar surface area (TPSA) is 59.8 Å². The molecule has 0 unspecified atom stereocenters. The highest BCUT2D eigenvalue weighted by Crippen LogP contribution is 2.47. The molecule has 2 atom stereocenters.